The van der Waals surface area contributed by atoms with E-state index in [-0.39, 0.29) is 24.0 Å². The Morgan fingerprint density at radius 3 is 2.78 bits per heavy atom. The van der Waals surface area contributed by atoms with Gasteiger partial charge in [0.05, 0.1) is 23.0 Å². The number of nitrogens with one attached hydrogen (secondary N) is 1. The first-order chi connectivity index (χ1) is 11.0. The molecule has 1 N–H and O–H groups in total. The van der Waals surface area contributed by atoms with Crippen molar-refractivity contribution < 1.29 is 14.4 Å². The molecule has 5 nitrogen and oxygen atoms in total. The van der Waals surface area contributed by atoms with Crippen LogP contribution in [0.1, 0.15) is 12.8 Å². The number of hydrogen-bond donors (Lipinski definition) is 1. The summed E-state index contributed by atoms with van der Waals surface area (Å²) in [6, 6.07) is 0. The van der Waals surface area contributed by atoms with Gasteiger partial charge in [-0.15, -0.1) is 0 Å². The smallest absolute Gasteiger partial charge is 0.230 e. The van der Waals surface area contributed by atoms with E-state index in [4.69, 9.17) is 0 Å². The Kier molecular flexibility index (Phi) is 3.13. The van der Waals surface area contributed by atoms with Crippen molar-refractivity contribution in [2.24, 2.45) is 22.2 Å². The van der Waals surface area contributed by atoms with Gasteiger partial charge in [-0.1, -0.05) is 24.3 Å². The van der Waals surface area contributed by atoms with Gasteiger partial charge in [-0.25, -0.2) is 4.99 Å². The molecule has 1 fully saturated rings. The molecule has 0 saturated carbocycles. The molecule has 116 valence electrons. The summed E-state index contributed by atoms with van der Waals surface area (Å²) in [5.41, 5.74) is 0.929. The van der Waals surface area contributed by atoms with E-state index < -0.39 is 17.3 Å². The Labute approximate surface area is 141 Å². The number of aliphatic imine (C=N–C) groups is 1. The van der Waals surface area contributed by atoms with E-state index in [1.54, 1.807) is 6.08 Å². The average molecular weight is 373 g/mol. The maximum absolute atomic E-state index is 12.7. The Morgan fingerprint density at radius 2 is 2.00 bits per heavy atom. The fourth-order valence-corrected chi connectivity index (χ4v) is 4.60. The molecular formula is C17H13BrN2O3. The fourth-order valence-electron chi connectivity index (χ4n) is 3.95. The minimum Gasteiger partial charge on any atom is -0.296 e. The van der Waals surface area contributed by atoms with E-state index in [0.29, 0.717) is 11.0 Å². The number of piperidine rings is 1. The largest absolute Gasteiger partial charge is 0.296 e. The van der Waals surface area contributed by atoms with Gasteiger partial charge in [-0.3, -0.25) is 19.7 Å². The van der Waals surface area contributed by atoms with Crippen LogP contribution in [0.15, 0.2) is 51.6 Å². The zero-order chi connectivity index (χ0) is 16.2. The molecule has 3 unspecified atom stereocenters. The van der Waals surface area contributed by atoms with Crippen molar-refractivity contribution in [3.8, 4) is 0 Å². The number of nitrogens with zero attached hydrogens (tertiary/aromatic N) is 1. The van der Waals surface area contributed by atoms with Gasteiger partial charge in [-0.05, 0) is 34.5 Å². The lowest BCUT2D eigenvalue weighted by molar-refractivity contribution is -0.141. The molecule has 0 aromatic carbocycles. The second-order valence-electron chi connectivity index (χ2n) is 6.06. The number of allylic oxidation sites excluding steroid dienone is 7. The number of imide groups is 1. The number of carbonyl (C=O) groups excluding carboxylic acids is 3. The Morgan fingerprint density at radius 1 is 1.17 bits per heavy atom. The van der Waals surface area contributed by atoms with Crippen molar-refractivity contribution in [3.63, 3.8) is 0 Å². The zero-order valence-electron chi connectivity index (χ0n) is 12.1. The van der Waals surface area contributed by atoms with E-state index in [2.05, 4.69) is 26.2 Å². The molecule has 4 aliphatic rings. The average Bonchev–Trinajstić information content (AvgIpc) is 2.82. The van der Waals surface area contributed by atoms with Crippen molar-refractivity contribution in [1.82, 2.24) is 5.32 Å². The molecule has 2 heterocycles. The van der Waals surface area contributed by atoms with Gasteiger partial charge >= 0.3 is 0 Å². The summed E-state index contributed by atoms with van der Waals surface area (Å²) in [7, 11) is 0. The second-order valence-corrected chi connectivity index (χ2v) is 6.81. The van der Waals surface area contributed by atoms with Gasteiger partial charge in [0.25, 0.3) is 0 Å². The highest BCUT2D eigenvalue weighted by Gasteiger charge is 2.56. The minimum atomic E-state index is -0.720. The first kappa shape index (κ1) is 14.5. The predicted octanol–water partition coefficient (Wildman–Crippen LogP) is 1.97. The summed E-state index contributed by atoms with van der Waals surface area (Å²) < 4.78 is 0.685. The highest BCUT2D eigenvalue weighted by molar-refractivity contribution is 9.11. The van der Waals surface area contributed by atoms with E-state index in [0.717, 1.165) is 11.3 Å². The third kappa shape index (κ3) is 1.91. The molecule has 0 bridgehead atoms. The number of amides is 2. The Balaban J connectivity index is 1.87. The monoisotopic (exact) mass is 372 g/mol. The lowest BCUT2D eigenvalue weighted by Crippen LogP contribution is -2.53. The number of hydrogen-bond acceptors (Lipinski definition) is 4. The molecule has 2 amide bonds. The number of rotatable bonds is 1. The van der Waals surface area contributed by atoms with Crippen LogP contribution in [0.4, 0.5) is 0 Å². The standard InChI is InChI=1S/C17H13BrN2O3/c18-15-10-3-1-2-8-17(10)12(19-15)6-5-11(21)14(17)9-4-7-13(22)20-16(9)23/h1-3,5-6,8-9,14H,4,7H2,(H,20,22,23). The third-order valence-electron chi connectivity index (χ3n) is 4.93. The molecule has 0 aromatic rings. The summed E-state index contributed by atoms with van der Waals surface area (Å²) in [6.07, 6.45) is 11.5. The fraction of sp³-hybridized carbons (Fsp3) is 0.294. The van der Waals surface area contributed by atoms with Crippen LogP contribution in [0.3, 0.4) is 0 Å². The second kappa shape index (κ2) is 4.96. The van der Waals surface area contributed by atoms with Gasteiger partial charge in [0.1, 0.15) is 4.61 Å². The quantitative estimate of drug-likeness (QED) is 0.564. The third-order valence-corrected chi connectivity index (χ3v) is 5.53. The molecule has 4 rings (SSSR count). The van der Waals surface area contributed by atoms with Crippen LogP contribution in [-0.2, 0) is 14.4 Å². The summed E-state index contributed by atoms with van der Waals surface area (Å²) in [5, 5.41) is 2.37. The molecule has 3 atom stereocenters. The maximum atomic E-state index is 12.7. The topological polar surface area (TPSA) is 75.6 Å². The van der Waals surface area contributed by atoms with Crippen molar-refractivity contribution >= 4 is 39.2 Å². The van der Waals surface area contributed by atoms with Crippen molar-refractivity contribution in [3.05, 3.63) is 46.6 Å². The van der Waals surface area contributed by atoms with E-state index in [1.807, 2.05) is 24.3 Å². The summed E-state index contributed by atoms with van der Waals surface area (Å²) >= 11 is 3.47. The SMILES string of the molecule is O=C1CCC(C2C(=O)C=CC3=NC(Br)=C4C=CC=CC342)C(=O)N1. The molecule has 1 spiro atoms. The Bertz CT molecular complexity index is 803. The lowest BCUT2D eigenvalue weighted by atomic mass is 9.57. The lowest BCUT2D eigenvalue weighted by Gasteiger charge is -2.43. The highest BCUT2D eigenvalue weighted by Crippen LogP contribution is 2.54. The van der Waals surface area contributed by atoms with E-state index >= 15 is 0 Å². The highest BCUT2D eigenvalue weighted by atomic mass is 79.9. The first-order valence-corrected chi connectivity index (χ1v) is 8.24. The molecule has 2 aliphatic carbocycles. The van der Waals surface area contributed by atoms with Gasteiger partial charge in [-0.2, -0.15) is 0 Å². The van der Waals surface area contributed by atoms with Crippen LogP contribution >= 0.6 is 15.9 Å². The van der Waals surface area contributed by atoms with Crippen molar-refractivity contribution in [2.75, 3.05) is 0 Å². The molecule has 2 aliphatic heterocycles. The minimum absolute atomic E-state index is 0.0990. The maximum Gasteiger partial charge on any atom is 0.230 e. The van der Waals surface area contributed by atoms with Crippen LogP contribution < -0.4 is 5.32 Å². The number of carbonyl (C=O) groups is 3. The molecule has 0 aromatic heterocycles. The van der Waals surface area contributed by atoms with Gasteiger partial charge < -0.3 is 0 Å². The van der Waals surface area contributed by atoms with Crippen LogP contribution in [0.5, 0.6) is 0 Å². The Hall–Kier alpha value is -2.08. The van der Waals surface area contributed by atoms with Crippen LogP contribution in [0.2, 0.25) is 0 Å². The number of ketones is 1. The first-order valence-electron chi connectivity index (χ1n) is 7.45. The summed E-state index contributed by atoms with van der Waals surface area (Å²) in [5.74, 6) is -1.86. The van der Waals surface area contributed by atoms with Gasteiger partial charge in [0.2, 0.25) is 11.8 Å². The number of halogens is 1. The summed E-state index contributed by atoms with van der Waals surface area (Å²) in [4.78, 5) is 41.1. The van der Waals surface area contributed by atoms with E-state index in [1.165, 1.54) is 6.08 Å². The van der Waals surface area contributed by atoms with Crippen molar-refractivity contribution in [2.45, 2.75) is 12.8 Å². The van der Waals surface area contributed by atoms with Crippen LogP contribution in [0, 0.1) is 17.3 Å². The van der Waals surface area contributed by atoms with Gasteiger partial charge in [0, 0.05) is 12.0 Å². The van der Waals surface area contributed by atoms with Crippen LogP contribution in [-0.4, -0.2) is 23.3 Å². The molecule has 23 heavy (non-hydrogen) atoms. The van der Waals surface area contributed by atoms with Crippen molar-refractivity contribution in [1.29, 1.82) is 0 Å². The zero-order valence-corrected chi connectivity index (χ0v) is 13.7. The predicted molar refractivity (Wildman–Crippen MR) is 87.6 cm³/mol. The molecule has 1 saturated heterocycles. The van der Waals surface area contributed by atoms with Gasteiger partial charge in [0.15, 0.2) is 5.78 Å². The van der Waals surface area contributed by atoms with E-state index in [9.17, 15) is 14.4 Å². The molecule has 0 radical (unpaired) electrons. The molecule has 6 heteroatoms. The summed E-state index contributed by atoms with van der Waals surface area (Å²) in [6.45, 7) is 0. The molecular weight excluding hydrogens is 360 g/mol. The normalized spacial score (nSPS) is 35.2. The van der Waals surface area contributed by atoms with Crippen LogP contribution in [0.25, 0.3) is 0 Å².